The molecule has 0 aliphatic carbocycles. The van der Waals surface area contributed by atoms with Gasteiger partial charge in [0, 0.05) is 18.7 Å². The van der Waals surface area contributed by atoms with Crippen LogP contribution in [0.4, 0.5) is 0 Å². The first kappa shape index (κ1) is 26.9. The lowest BCUT2D eigenvalue weighted by Gasteiger charge is -2.26. The molecule has 36 heavy (non-hydrogen) atoms. The number of carbonyl (C=O) groups is 2. The van der Waals surface area contributed by atoms with E-state index in [-0.39, 0.29) is 24.0 Å². The van der Waals surface area contributed by atoms with E-state index < -0.39 is 17.7 Å². The molecule has 1 saturated heterocycles. The first-order valence-corrected chi connectivity index (χ1v) is 11.6. The van der Waals surface area contributed by atoms with E-state index in [1.165, 1.54) is 33.3 Å². The van der Waals surface area contributed by atoms with Crippen molar-refractivity contribution in [3.05, 3.63) is 53.1 Å². The molecule has 1 fully saturated rings. The van der Waals surface area contributed by atoms with Crippen molar-refractivity contribution in [1.82, 2.24) is 4.90 Å². The molecule has 0 aromatic heterocycles. The molecule has 3 rings (SSSR count). The summed E-state index contributed by atoms with van der Waals surface area (Å²) in [5.41, 5.74) is 0.846. The third kappa shape index (κ3) is 5.41. The Morgan fingerprint density at radius 1 is 0.972 bits per heavy atom. The van der Waals surface area contributed by atoms with Crippen molar-refractivity contribution < 1.29 is 38.4 Å². The van der Waals surface area contributed by atoms with E-state index >= 15 is 0 Å². The largest absolute Gasteiger partial charge is 0.507 e. The summed E-state index contributed by atoms with van der Waals surface area (Å²) in [6.07, 6.45) is 0.546. The van der Waals surface area contributed by atoms with Crippen LogP contribution < -0.4 is 18.9 Å². The smallest absolute Gasteiger partial charge is 0.295 e. The molecule has 2 aromatic carbocycles. The number of carbonyl (C=O) groups excluding carboxylic acids is 2. The number of nitrogens with zero attached hydrogens (tertiary/aromatic N) is 1. The molecule has 0 saturated carbocycles. The molecule has 1 amide bonds. The van der Waals surface area contributed by atoms with E-state index in [1.54, 1.807) is 36.4 Å². The monoisotopic (exact) mass is 499 g/mol. The fourth-order valence-corrected chi connectivity index (χ4v) is 4.20. The summed E-state index contributed by atoms with van der Waals surface area (Å²) in [6, 6.07) is 9.13. The minimum atomic E-state index is -0.885. The maximum Gasteiger partial charge on any atom is 0.295 e. The SMILES string of the molecule is COc1cccc(/C(O)=C2\C(=O)C(=O)N(CCCOC(C)C)C2c2cc(OC)c(OC)c(OC)c2)c1. The second-order valence-corrected chi connectivity index (χ2v) is 8.46. The van der Waals surface area contributed by atoms with Crippen molar-refractivity contribution in [2.75, 3.05) is 41.6 Å². The Kier molecular flexibility index (Phi) is 8.82. The number of aliphatic hydroxyl groups is 1. The molecule has 0 bridgehead atoms. The van der Waals surface area contributed by atoms with Crippen LogP contribution in [0.3, 0.4) is 0 Å². The van der Waals surface area contributed by atoms with Crippen molar-refractivity contribution in [1.29, 1.82) is 0 Å². The summed E-state index contributed by atoms with van der Waals surface area (Å²) in [5.74, 6) is -0.181. The van der Waals surface area contributed by atoms with Gasteiger partial charge in [-0.3, -0.25) is 9.59 Å². The summed E-state index contributed by atoms with van der Waals surface area (Å²) in [4.78, 5) is 27.9. The van der Waals surface area contributed by atoms with Gasteiger partial charge in [0.25, 0.3) is 11.7 Å². The fraction of sp³-hybridized carbons (Fsp3) is 0.407. The Hall–Kier alpha value is -3.72. The molecule has 1 unspecified atom stereocenters. The molecular formula is C27H33NO8. The number of hydrogen-bond donors (Lipinski definition) is 1. The topological polar surface area (TPSA) is 104 Å². The van der Waals surface area contributed by atoms with Crippen LogP contribution in [0.5, 0.6) is 23.0 Å². The Bertz CT molecular complexity index is 1120. The minimum Gasteiger partial charge on any atom is -0.507 e. The first-order valence-electron chi connectivity index (χ1n) is 11.6. The number of benzene rings is 2. The van der Waals surface area contributed by atoms with E-state index in [1.807, 2.05) is 13.8 Å². The Morgan fingerprint density at radius 2 is 1.64 bits per heavy atom. The lowest BCUT2D eigenvalue weighted by atomic mass is 9.94. The molecule has 0 spiro atoms. The highest BCUT2D eigenvalue weighted by molar-refractivity contribution is 6.46. The van der Waals surface area contributed by atoms with Crippen LogP contribution in [-0.4, -0.2) is 69.4 Å². The van der Waals surface area contributed by atoms with Crippen molar-refractivity contribution in [2.24, 2.45) is 0 Å². The van der Waals surface area contributed by atoms with Gasteiger partial charge in [0.1, 0.15) is 11.5 Å². The zero-order valence-electron chi connectivity index (χ0n) is 21.5. The van der Waals surface area contributed by atoms with E-state index in [2.05, 4.69) is 0 Å². The Morgan fingerprint density at radius 3 is 2.19 bits per heavy atom. The van der Waals surface area contributed by atoms with Crippen LogP contribution in [0, 0.1) is 0 Å². The second kappa shape index (κ2) is 11.8. The molecule has 1 atom stereocenters. The number of ether oxygens (including phenoxy) is 5. The minimum absolute atomic E-state index is 0.0349. The molecule has 1 aliphatic heterocycles. The number of amides is 1. The number of rotatable bonds is 11. The van der Waals surface area contributed by atoms with Gasteiger partial charge in [-0.05, 0) is 50.1 Å². The van der Waals surface area contributed by atoms with E-state index in [9.17, 15) is 14.7 Å². The van der Waals surface area contributed by atoms with Gasteiger partial charge in [0.05, 0.1) is 46.2 Å². The van der Waals surface area contributed by atoms with Gasteiger partial charge in [-0.15, -0.1) is 0 Å². The third-order valence-corrected chi connectivity index (χ3v) is 5.88. The van der Waals surface area contributed by atoms with Gasteiger partial charge in [-0.1, -0.05) is 12.1 Å². The highest BCUT2D eigenvalue weighted by atomic mass is 16.5. The van der Waals surface area contributed by atoms with Crippen LogP contribution >= 0.6 is 0 Å². The predicted molar refractivity (Wildman–Crippen MR) is 134 cm³/mol. The number of likely N-dealkylation sites (tertiary alicyclic amines) is 1. The van der Waals surface area contributed by atoms with Crippen molar-refractivity contribution in [3.63, 3.8) is 0 Å². The van der Waals surface area contributed by atoms with Gasteiger partial charge in [0.15, 0.2) is 11.5 Å². The maximum atomic E-state index is 13.3. The Balaban J connectivity index is 2.18. The normalized spacial score (nSPS) is 17.0. The number of hydrogen-bond acceptors (Lipinski definition) is 8. The van der Waals surface area contributed by atoms with Gasteiger partial charge in [-0.2, -0.15) is 0 Å². The molecule has 1 aliphatic rings. The number of methoxy groups -OCH3 is 4. The van der Waals surface area contributed by atoms with Crippen molar-refractivity contribution >= 4 is 17.4 Å². The van der Waals surface area contributed by atoms with Gasteiger partial charge >= 0.3 is 0 Å². The van der Waals surface area contributed by atoms with Crippen LogP contribution in [0.15, 0.2) is 42.0 Å². The molecule has 1 N–H and O–H groups in total. The summed E-state index contributed by atoms with van der Waals surface area (Å²) < 4.78 is 27.3. The molecule has 194 valence electrons. The summed E-state index contributed by atoms with van der Waals surface area (Å²) in [5, 5.41) is 11.3. The van der Waals surface area contributed by atoms with Crippen molar-refractivity contribution in [2.45, 2.75) is 32.4 Å². The average molecular weight is 500 g/mol. The highest BCUT2D eigenvalue weighted by Gasteiger charge is 2.46. The summed E-state index contributed by atoms with van der Waals surface area (Å²) >= 11 is 0. The number of aliphatic hydroxyl groups excluding tert-OH is 1. The predicted octanol–water partition coefficient (Wildman–Crippen LogP) is 3.96. The fourth-order valence-electron chi connectivity index (χ4n) is 4.20. The quantitative estimate of drug-likeness (QED) is 0.215. The maximum absolute atomic E-state index is 13.3. The van der Waals surface area contributed by atoms with Crippen LogP contribution in [-0.2, 0) is 14.3 Å². The molecule has 1 heterocycles. The highest BCUT2D eigenvalue weighted by Crippen LogP contribution is 2.45. The van der Waals surface area contributed by atoms with E-state index in [4.69, 9.17) is 23.7 Å². The average Bonchev–Trinajstić information content (AvgIpc) is 3.14. The lowest BCUT2D eigenvalue weighted by Crippen LogP contribution is -2.31. The number of ketones is 1. The standard InChI is InChI=1S/C27H33NO8/c1-16(2)36-12-8-11-28-23(18-14-20(33-4)26(35-6)21(15-18)34-5)22(25(30)27(28)31)24(29)17-9-7-10-19(13-17)32-3/h7,9-10,13-16,23,29H,8,11-12H2,1-6H3/b24-22+. The van der Waals surface area contributed by atoms with E-state index in [0.717, 1.165) is 0 Å². The molecule has 9 nitrogen and oxygen atoms in total. The van der Waals surface area contributed by atoms with Crippen LogP contribution in [0.1, 0.15) is 37.4 Å². The third-order valence-electron chi connectivity index (χ3n) is 5.88. The van der Waals surface area contributed by atoms with Gasteiger partial charge < -0.3 is 33.7 Å². The van der Waals surface area contributed by atoms with Crippen LogP contribution in [0.25, 0.3) is 5.76 Å². The molecule has 9 heteroatoms. The van der Waals surface area contributed by atoms with E-state index in [0.29, 0.717) is 47.2 Å². The van der Waals surface area contributed by atoms with Crippen molar-refractivity contribution in [3.8, 4) is 23.0 Å². The van der Waals surface area contributed by atoms with Gasteiger partial charge in [0.2, 0.25) is 5.75 Å². The molecular weight excluding hydrogens is 466 g/mol. The second-order valence-electron chi connectivity index (χ2n) is 8.46. The summed E-state index contributed by atoms with van der Waals surface area (Å²) in [7, 11) is 5.96. The Labute approximate surface area is 211 Å². The molecule has 0 radical (unpaired) electrons. The number of Topliss-reactive ketones (excluding diaryl/α,β-unsaturated/α-hetero) is 1. The first-order chi connectivity index (χ1) is 17.3. The zero-order chi connectivity index (χ0) is 26.4. The van der Waals surface area contributed by atoms with Gasteiger partial charge in [-0.25, -0.2) is 0 Å². The summed E-state index contributed by atoms with van der Waals surface area (Å²) in [6.45, 7) is 4.51. The molecule has 2 aromatic rings. The lowest BCUT2D eigenvalue weighted by molar-refractivity contribution is -0.140. The zero-order valence-corrected chi connectivity index (χ0v) is 21.5. The van der Waals surface area contributed by atoms with Crippen LogP contribution in [0.2, 0.25) is 0 Å².